The first kappa shape index (κ1) is 19.2. The number of hydrogen-bond acceptors (Lipinski definition) is 4. The number of carbonyl (C=O) groups is 1. The summed E-state index contributed by atoms with van der Waals surface area (Å²) in [7, 11) is 3.47. The second kappa shape index (κ2) is 9.37. The van der Waals surface area contributed by atoms with Crippen molar-refractivity contribution in [3.8, 4) is 11.5 Å². The Morgan fingerprint density at radius 3 is 2.48 bits per heavy atom. The standard InChI is InChI=1S/C20H25NO3S/c1-5-24-19-9-7-6-8-16(19)14-21(3)20(22)15(2)25-18-12-10-17(23-4)11-13-18/h6-13,15H,5,14H2,1-4H3. The second-order valence-corrected chi connectivity index (χ2v) is 7.08. The van der Waals surface area contributed by atoms with E-state index >= 15 is 0 Å². The largest absolute Gasteiger partial charge is 0.497 e. The zero-order valence-electron chi connectivity index (χ0n) is 15.2. The van der Waals surface area contributed by atoms with Gasteiger partial charge in [0.25, 0.3) is 0 Å². The maximum Gasteiger partial charge on any atom is 0.235 e. The lowest BCUT2D eigenvalue weighted by atomic mass is 10.2. The minimum absolute atomic E-state index is 0.0899. The van der Waals surface area contributed by atoms with Crippen LogP contribution in [0.4, 0.5) is 0 Å². The molecule has 2 rings (SSSR count). The predicted octanol–water partition coefficient (Wildman–Crippen LogP) is 4.23. The normalized spacial score (nSPS) is 11.7. The third-order valence-corrected chi connectivity index (χ3v) is 4.88. The van der Waals surface area contributed by atoms with Crippen molar-refractivity contribution in [2.24, 2.45) is 0 Å². The van der Waals surface area contributed by atoms with E-state index in [4.69, 9.17) is 9.47 Å². The van der Waals surface area contributed by atoms with E-state index in [1.165, 1.54) is 0 Å². The van der Waals surface area contributed by atoms with Crippen LogP contribution in [0.3, 0.4) is 0 Å². The molecule has 0 saturated carbocycles. The number of thioether (sulfide) groups is 1. The monoisotopic (exact) mass is 359 g/mol. The Hall–Kier alpha value is -2.14. The van der Waals surface area contributed by atoms with Crippen LogP contribution in [0, 0.1) is 0 Å². The number of carbonyl (C=O) groups excluding carboxylic acids is 1. The van der Waals surface area contributed by atoms with Gasteiger partial charge in [-0.15, -0.1) is 11.8 Å². The molecule has 0 aliphatic carbocycles. The van der Waals surface area contributed by atoms with Crippen LogP contribution in [0.2, 0.25) is 0 Å². The average molecular weight is 359 g/mol. The predicted molar refractivity (Wildman–Crippen MR) is 102 cm³/mol. The van der Waals surface area contributed by atoms with Gasteiger partial charge in [0, 0.05) is 24.1 Å². The molecule has 25 heavy (non-hydrogen) atoms. The molecular formula is C20H25NO3S. The van der Waals surface area contributed by atoms with E-state index in [0.29, 0.717) is 13.2 Å². The van der Waals surface area contributed by atoms with Crippen LogP contribution in [-0.4, -0.2) is 36.8 Å². The molecule has 0 aliphatic rings. The summed E-state index contributed by atoms with van der Waals surface area (Å²) in [6.45, 7) is 5.03. The van der Waals surface area contributed by atoms with Crippen LogP contribution in [-0.2, 0) is 11.3 Å². The molecule has 0 N–H and O–H groups in total. The average Bonchev–Trinajstić information content (AvgIpc) is 2.63. The second-order valence-electron chi connectivity index (χ2n) is 5.67. The number of para-hydroxylation sites is 1. The highest BCUT2D eigenvalue weighted by molar-refractivity contribution is 8.00. The summed E-state index contributed by atoms with van der Waals surface area (Å²) in [6, 6.07) is 15.6. The van der Waals surface area contributed by atoms with Gasteiger partial charge in [0.1, 0.15) is 11.5 Å². The maximum atomic E-state index is 12.7. The van der Waals surface area contributed by atoms with Crippen LogP contribution in [0.15, 0.2) is 53.4 Å². The van der Waals surface area contributed by atoms with E-state index in [-0.39, 0.29) is 11.2 Å². The molecule has 134 valence electrons. The Bertz CT molecular complexity index is 688. The van der Waals surface area contributed by atoms with E-state index in [2.05, 4.69) is 0 Å². The van der Waals surface area contributed by atoms with Gasteiger partial charge < -0.3 is 14.4 Å². The fourth-order valence-electron chi connectivity index (χ4n) is 2.48. The van der Waals surface area contributed by atoms with Gasteiger partial charge in [-0.2, -0.15) is 0 Å². The fraction of sp³-hybridized carbons (Fsp3) is 0.350. The number of hydrogen-bond donors (Lipinski definition) is 0. The molecule has 0 spiro atoms. The number of methoxy groups -OCH3 is 1. The third kappa shape index (κ3) is 5.43. The van der Waals surface area contributed by atoms with Gasteiger partial charge in [0.15, 0.2) is 0 Å². The molecule has 2 aromatic carbocycles. The molecule has 5 heteroatoms. The van der Waals surface area contributed by atoms with Gasteiger partial charge >= 0.3 is 0 Å². The molecule has 0 radical (unpaired) electrons. The molecule has 1 atom stereocenters. The number of benzene rings is 2. The fourth-order valence-corrected chi connectivity index (χ4v) is 3.47. The molecule has 0 fully saturated rings. The molecule has 0 aromatic heterocycles. The van der Waals surface area contributed by atoms with E-state index in [9.17, 15) is 4.79 Å². The van der Waals surface area contributed by atoms with Crippen molar-refractivity contribution in [1.82, 2.24) is 4.90 Å². The molecule has 0 heterocycles. The van der Waals surface area contributed by atoms with Crippen LogP contribution < -0.4 is 9.47 Å². The molecule has 0 bridgehead atoms. The molecule has 0 saturated heterocycles. The number of nitrogens with zero attached hydrogens (tertiary/aromatic N) is 1. The number of ether oxygens (including phenoxy) is 2. The highest BCUT2D eigenvalue weighted by Crippen LogP contribution is 2.27. The van der Waals surface area contributed by atoms with E-state index in [0.717, 1.165) is 22.0 Å². The van der Waals surface area contributed by atoms with Gasteiger partial charge in [-0.25, -0.2) is 0 Å². The zero-order chi connectivity index (χ0) is 18.2. The van der Waals surface area contributed by atoms with Crippen LogP contribution in [0.25, 0.3) is 0 Å². The molecule has 0 aliphatic heterocycles. The first-order valence-electron chi connectivity index (χ1n) is 8.31. The first-order chi connectivity index (χ1) is 12.0. The van der Waals surface area contributed by atoms with Gasteiger partial charge in [-0.1, -0.05) is 18.2 Å². The molecule has 4 nitrogen and oxygen atoms in total. The van der Waals surface area contributed by atoms with Crippen molar-refractivity contribution in [1.29, 1.82) is 0 Å². The van der Waals surface area contributed by atoms with E-state index in [1.807, 2.05) is 69.4 Å². The van der Waals surface area contributed by atoms with Crippen molar-refractivity contribution >= 4 is 17.7 Å². The SMILES string of the molecule is CCOc1ccccc1CN(C)C(=O)C(C)Sc1ccc(OC)cc1. The lowest BCUT2D eigenvalue weighted by Crippen LogP contribution is -2.32. The van der Waals surface area contributed by atoms with Crippen molar-refractivity contribution in [3.05, 3.63) is 54.1 Å². The lowest BCUT2D eigenvalue weighted by molar-refractivity contribution is -0.129. The zero-order valence-corrected chi connectivity index (χ0v) is 16.0. The minimum atomic E-state index is -0.169. The molecule has 1 amide bonds. The molecule has 2 aromatic rings. The molecule has 1 unspecified atom stereocenters. The minimum Gasteiger partial charge on any atom is -0.497 e. The summed E-state index contributed by atoms with van der Waals surface area (Å²) >= 11 is 1.55. The van der Waals surface area contributed by atoms with Gasteiger partial charge in [-0.05, 0) is 44.2 Å². The number of amides is 1. The highest BCUT2D eigenvalue weighted by Gasteiger charge is 2.19. The van der Waals surface area contributed by atoms with Gasteiger partial charge in [-0.3, -0.25) is 4.79 Å². The summed E-state index contributed by atoms with van der Waals surface area (Å²) in [4.78, 5) is 15.5. The van der Waals surface area contributed by atoms with Crippen LogP contribution >= 0.6 is 11.8 Å². The Morgan fingerprint density at radius 2 is 1.84 bits per heavy atom. The quantitative estimate of drug-likeness (QED) is 0.661. The topological polar surface area (TPSA) is 38.8 Å². The molecular weight excluding hydrogens is 334 g/mol. The van der Waals surface area contributed by atoms with Gasteiger partial charge in [0.2, 0.25) is 5.91 Å². The first-order valence-corrected chi connectivity index (χ1v) is 9.19. The maximum absolute atomic E-state index is 12.7. The van der Waals surface area contributed by atoms with Crippen molar-refractivity contribution in [3.63, 3.8) is 0 Å². The summed E-state index contributed by atoms with van der Waals surface area (Å²) in [5, 5.41) is -0.169. The Labute approximate surface area is 154 Å². The van der Waals surface area contributed by atoms with Crippen molar-refractivity contribution in [2.75, 3.05) is 20.8 Å². The summed E-state index contributed by atoms with van der Waals surface area (Å²) < 4.78 is 10.8. The van der Waals surface area contributed by atoms with Gasteiger partial charge in [0.05, 0.1) is 19.0 Å². The third-order valence-electron chi connectivity index (χ3n) is 3.78. The summed E-state index contributed by atoms with van der Waals surface area (Å²) in [5.41, 5.74) is 1.02. The van der Waals surface area contributed by atoms with Crippen molar-refractivity contribution in [2.45, 2.75) is 30.5 Å². The summed E-state index contributed by atoms with van der Waals surface area (Å²) in [6.07, 6.45) is 0. The van der Waals surface area contributed by atoms with Crippen LogP contribution in [0.1, 0.15) is 19.4 Å². The Morgan fingerprint density at radius 1 is 1.16 bits per heavy atom. The smallest absolute Gasteiger partial charge is 0.235 e. The lowest BCUT2D eigenvalue weighted by Gasteiger charge is -2.22. The summed E-state index contributed by atoms with van der Waals surface area (Å²) in [5.74, 6) is 1.74. The van der Waals surface area contributed by atoms with E-state index in [1.54, 1.807) is 23.8 Å². The number of rotatable bonds is 8. The van der Waals surface area contributed by atoms with E-state index < -0.39 is 0 Å². The Kier molecular flexibility index (Phi) is 7.19. The van der Waals surface area contributed by atoms with Crippen LogP contribution in [0.5, 0.6) is 11.5 Å². The Balaban J connectivity index is 1.98. The highest BCUT2D eigenvalue weighted by atomic mass is 32.2. The van der Waals surface area contributed by atoms with Crippen molar-refractivity contribution < 1.29 is 14.3 Å².